The molecule has 1 amide bonds. The molecule has 0 fully saturated rings. The van der Waals surface area contributed by atoms with Crippen molar-refractivity contribution in [3.05, 3.63) is 0 Å². The van der Waals surface area contributed by atoms with Gasteiger partial charge in [-0.3, -0.25) is 9.59 Å². The molecule has 6 heteroatoms. The second kappa shape index (κ2) is 49.5. The second-order valence-corrected chi connectivity index (χ2v) is 18.6. The van der Waals surface area contributed by atoms with E-state index in [1.54, 1.807) is 0 Å². The first-order chi connectivity index (χ1) is 29.0. The number of unbranched alkanes of at least 4 members (excludes halogenated alkanes) is 39. The molecule has 0 aromatic heterocycles. The van der Waals surface area contributed by atoms with Crippen molar-refractivity contribution >= 4 is 11.9 Å². The maximum atomic E-state index is 12.4. The van der Waals surface area contributed by atoms with Gasteiger partial charge in [-0.1, -0.05) is 264 Å². The summed E-state index contributed by atoms with van der Waals surface area (Å²) in [6.07, 6.45) is 55.2. The number of ether oxygens (including phenoxy) is 1. The number of rotatable bonds is 50. The van der Waals surface area contributed by atoms with Gasteiger partial charge in [0.25, 0.3) is 0 Å². The summed E-state index contributed by atoms with van der Waals surface area (Å²) in [5, 5.41) is 23.1. The summed E-state index contributed by atoms with van der Waals surface area (Å²) in [5.74, 6) is -0.0242. The van der Waals surface area contributed by atoms with E-state index in [1.807, 2.05) is 0 Å². The van der Waals surface area contributed by atoms with Crippen molar-refractivity contribution in [3.63, 3.8) is 0 Å². The van der Waals surface area contributed by atoms with Gasteiger partial charge in [-0.05, 0) is 25.7 Å². The molecule has 3 N–H and O–H groups in total. The number of hydrogen-bond acceptors (Lipinski definition) is 5. The van der Waals surface area contributed by atoms with Crippen molar-refractivity contribution in [2.75, 3.05) is 13.2 Å². The highest BCUT2D eigenvalue weighted by atomic mass is 16.5. The number of hydrogen-bond donors (Lipinski definition) is 3. The highest BCUT2D eigenvalue weighted by Crippen LogP contribution is 2.17. The Bertz CT molecular complexity index is 837. The maximum absolute atomic E-state index is 12.4. The van der Waals surface area contributed by atoms with Gasteiger partial charge in [0, 0.05) is 12.8 Å². The molecule has 352 valence electrons. The van der Waals surface area contributed by atoms with Crippen LogP contribution in [0.25, 0.3) is 0 Å². The number of aliphatic hydroxyl groups is 2. The van der Waals surface area contributed by atoms with Crippen LogP contribution in [0.2, 0.25) is 0 Å². The number of esters is 1. The molecule has 0 rings (SSSR count). The lowest BCUT2D eigenvalue weighted by Gasteiger charge is -2.22. The van der Waals surface area contributed by atoms with Crippen LogP contribution in [0.5, 0.6) is 0 Å². The first-order valence-corrected chi connectivity index (χ1v) is 26.8. The van der Waals surface area contributed by atoms with Crippen LogP contribution in [-0.2, 0) is 14.3 Å². The van der Waals surface area contributed by atoms with E-state index in [1.165, 1.54) is 231 Å². The number of nitrogens with one attached hydrogen (secondary N) is 1. The van der Waals surface area contributed by atoms with Gasteiger partial charge in [-0.15, -0.1) is 0 Å². The molecule has 2 unspecified atom stereocenters. The van der Waals surface area contributed by atoms with Gasteiger partial charge in [0.2, 0.25) is 5.91 Å². The molecule has 0 aromatic rings. The second-order valence-electron chi connectivity index (χ2n) is 18.6. The van der Waals surface area contributed by atoms with Gasteiger partial charge >= 0.3 is 5.97 Å². The van der Waals surface area contributed by atoms with Crippen LogP contribution < -0.4 is 5.32 Å². The van der Waals surface area contributed by atoms with Crippen LogP contribution >= 0.6 is 0 Å². The van der Waals surface area contributed by atoms with Crippen molar-refractivity contribution in [3.8, 4) is 0 Å². The first kappa shape index (κ1) is 57.9. The summed E-state index contributed by atoms with van der Waals surface area (Å²) in [4.78, 5) is 24.4. The minimum Gasteiger partial charge on any atom is -0.466 e. The quantitative estimate of drug-likeness (QED) is 0.0419. The molecule has 0 radical (unpaired) electrons. The average Bonchev–Trinajstić information content (AvgIpc) is 3.24. The van der Waals surface area contributed by atoms with Crippen molar-refractivity contribution in [2.45, 2.75) is 315 Å². The van der Waals surface area contributed by atoms with Crippen LogP contribution in [0.3, 0.4) is 0 Å². The minimum absolute atomic E-state index is 0.0130. The third-order valence-electron chi connectivity index (χ3n) is 12.7. The fourth-order valence-electron chi connectivity index (χ4n) is 8.52. The Labute approximate surface area is 368 Å². The zero-order valence-corrected chi connectivity index (χ0v) is 40.0. The number of carbonyl (C=O) groups is 2. The molecule has 0 spiro atoms. The number of amides is 1. The fourth-order valence-corrected chi connectivity index (χ4v) is 8.52. The molecule has 0 aliphatic carbocycles. The van der Waals surface area contributed by atoms with Gasteiger partial charge in [0.1, 0.15) is 0 Å². The van der Waals surface area contributed by atoms with E-state index in [2.05, 4.69) is 19.2 Å². The van der Waals surface area contributed by atoms with E-state index in [4.69, 9.17) is 4.74 Å². The van der Waals surface area contributed by atoms with Crippen molar-refractivity contribution < 1.29 is 24.5 Å². The highest BCUT2D eigenvalue weighted by Gasteiger charge is 2.20. The van der Waals surface area contributed by atoms with Crippen LogP contribution in [0.15, 0.2) is 0 Å². The van der Waals surface area contributed by atoms with Crippen LogP contribution in [0.4, 0.5) is 0 Å². The topological polar surface area (TPSA) is 95.9 Å². The van der Waals surface area contributed by atoms with Crippen LogP contribution in [0, 0.1) is 0 Å². The zero-order valence-electron chi connectivity index (χ0n) is 40.0. The molecule has 0 bridgehead atoms. The summed E-state index contributed by atoms with van der Waals surface area (Å²) >= 11 is 0. The molecule has 0 saturated heterocycles. The molecule has 0 aliphatic rings. The SMILES string of the molecule is CCCCCCCCCCCCCCC(=O)OCCCCCCCCCCCCCCCCCCCCCCCC(=O)NC(CO)C(O)CCCCCCCCCCC. The first-order valence-electron chi connectivity index (χ1n) is 26.8. The maximum Gasteiger partial charge on any atom is 0.305 e. The Morgan fingerprint density at radius 1 is 0.407 bits per heavy atom. The molecule has 6 nitrogen and oxygen atoms in total. The van der Waals surface area contributed by atoms with Gasteiger partial charge in [0.05, 0.1) is 25.4 Å². The molecule has 59 heavy (non-hydrogen) atoms. The summed E-state index contributed by atoms with van der Waals surface area (Å²) in [7, 11) is 0. The lowest BCUT2D eigenvalue weighted by atomic mass is 10.0. The van der Waals surface area contributed by atoms with E-state index in [0.29, 0.717) is 25.9 Å². The standard InChI is InChI=1S/C53H105NO5/c1-3-5-7-9-11-13-14-27-31-35-39-43-47-53(58)59-48-44-40-36-32-28-25-23-21-19-17-15-16-18-20-22-24-26-30-34-38-42-46-52(57)54-50(49-55)51(56)45-41-37-33-29-12-10-8-6-4-2/h50-51,55-56H,3-49H2,1-2H3,(H,54,57). The van der Waals surface area contributed by atoms with E-state index in [-0.39, 0.29) is 18.5 Å². The fraction of sp³-hybridized carbons (Fsp3) is 0.962. The molecule has 0 aromatic carbocycles. The third-order valence-corrected chi connectivity index (χ3v) is 12.7. The van der Waals surface area contributed by atoms with Gasteiger partial charge in [-0.25, -0.2) is 0 Å². The summed E-state index contributed by atoms with van der Waals surface area (Å²) in [6, 6.07) is -0.538. The van der Waals surface area contributed by atoms with Gasteiger partial charge in [0.15, 0.2) is 0 Å². The Balaban J connectivity index is 3.34. The largest absolute Gasteiger partial charge is 0.466 e. The Hall–Kier alpha value is -1.14. The molecule has 0 saturated carbocycles. The van der Waals surface area contributed by atoms with E-state index in [0.717, 1.165) is 38.5 Å². The summed E-state index contributed by atoms with van der Waals surface area (Å²) in [6.45, 7) is 4.94. The zero-order chi connectivity index (χ0) is 43.0. The third kappa shape index (κ3) is 46.2. The van der Waals surface area contributed by atoms with E-state index >= 15 is 0 Å². The highest BCUT2D eigenvalue weighted by molar-refractivity contribution is 5.76. The monoisotopic (exact) mass is 836 g/mol. The van der Waals surface area contributed by atoms with Crippen molar-refractivity contribution in [1.82, 2.24) is 5.32 Å². The Morgan fingerprint density at radius 2 is 0.695 bits per heavy atom. The lowest BCUT2D eigenvalue weighted by Crippen LogP contribution is -2.45. The molecule has 0 heterocycles. The predicted octanol–water partition coefficient (Wildman–Crippen LogP) is 16.0. The minimum atomic E-state index is -0.661. The van der Waals surface area contributed by atoms with E-state index in [9.17, 15) is 19.8 Å². The summed E-state index contributed by atoms with van der Waals surface area (Å²) in [5.41, 5.74) is 0. The number of aliphatic hydroxyl groups excluding tert-OH is 2. The normalized spacial score (nSPS) is 12.5. The van der Waals surface area contributed by atoms with Crippen molar-refractivity contribution in [1.29, 1.82) is 0 Å². The Kier molecular flexibility index (Phi) is 48.6. The number of carbonyl (C=O) groups excluding carboxylic acids is 2. The average molecular weight is 836 g/mol. The van der Waals surface area contributed by atoms with E-state index < -0.39 is 12.1 Å². The molecular formula is C53H105NO5. The van der Waals surface area contributed by atoms with Gasteiger partial charge < -0.3 is 20.3 Å². The van der Waals surface area contributed by atoms with Crippen LogP contribution in [-0.4, -0.2) is 47.4 Å². The molecular weight excluding hydrogens is 731 g/mol. The van der Waals surface area contributed by atoms with Gasteiger partial charge in [-0.2, -0.15) is 0 Å². The van der Waals surface area contributed by atoms with Crippen molar-refractivity contribution in [2.24, 2.45) is 0 Å². The molecule has 0 aliphatic heterocycles. The molecule has 2 atom stereocenters. The lowest BCUT2D eigenvalue weighted by molar-refractivity contribution is -0.143. The Morgan fingerprint density at radius 3 is 1.03 bits per heavy atom. The predicted molar refractivity (Wildman–Crippen MR) is 255 cm³/mol. The summed E-state index contributed by atoms with van der Waals surface area (Å²) < 4.78 is 5.47. The van der Waals surface area contributed by atoms with Crippen LogP contribution in [0.1, 0.15) is 303 Å². The smallest absolute Gasteiger partial charge is 0.305 e.